The molecule has 0 aliphatic carbocycles. The highest BCUT2D eigenvalue weighted by Crippen LogP contribution is 2.34. The van der Waals surface area contributed by atoms with Crippen LogP contribution in [0.25, 0.3) is 0 Å². The van der Waals surface area contributed by atoms with Gasteiger partial charge in [-0.15, -0.1) is 0 Å². The minimum atomic E-state index is -1.07. The molecule has 1 N–H and O–H groups in total. The lowest BCUT2D eigenvalue weighted by Gasteiger charge is -2.09. The number of epoxide rings is 1. The van der Waals surface area contributed by atoms with Gasteiger partial charge in [-0.3, -0.25) is 0 Å². The molecule has 1 aliphatic heterocycles. The summed E-state index contributed by atoms with van der Waals surface area (Å²) in [6.07, 6.45) is 0.839. The molecule has 0 aromatic heterocycles. The highest BCUT2D eigenvalue weighted by atomic mass is 17.2. The molecule has 0 saturated carbocycles. The summed E-state index contributed by atoms with van der Waals surface area (Å²) >= 11 is 0. The molecule has 0 aromatic rings. The Balaban J connectivity index is 2.44. The van der Waals surface area contributed by atoms with Crippen molar-refractivity contribution in [2.24, 2.45) is 0 Å². The summed E-state index contributed by atoms with van der Waals surface area (Å²) in [4.78, 5) is 29.9. The fraction of sp³-hybridized carbons (Fsp3) is 0.333. The molecule has 1 fully saturated rings. The predicted octanol–water partition coefficient (Wildman–Crippen LogP) is -0.509. The van der Waals surface area contributed by atoms with E-state index in [2.05, 4.69) is 22.9 Å². The van der Waals surface area contributed by atoms with Gasteiger partial charge < -0.3 is 9.84 Å². The van der Waals surface area contributed by atoms with Crippen molar-refractivity contribution in [2.45, 2.75) is 5.60 Å². The van der Waals surface area contributed by atoms with E-state index in [1.54, 1.807) is 0 Å². The zero-order valence-electron chi connectivity index (χ0n) is 7.89. The fourth-order valence-electron chi connectivity index (χ4n) is 0.797. The molecule has 15 heavy (non-hydrogen) atoms. The van der Waals surface area contributed by atoms with Crippen LogP contribution in [0.5, 0.6) is 0 Å². The lowest BCUT2D eigenvalue weighted by Crippen LogP contribution is -2.26. The Bertz CT molecular complexity index is 315. The Morgan fingerprint density at radius 1 is 1.53 bits per heavy atom. The fourth-order valence-corrected chi connectivity index (χ4v) is 0.797. The molecule has 0 amide bonds. The Morgan fingerprint density at radius 3 is 2.53 bits per heavy atom. The molecule has 0 aromatic carbocycles. The van der Waals surface area contributed by atoms with Gasteiger partial charge >= 0.3 is 11.9 Å². The molecule has 0 unspecified atom stereocenters. The van der Waals surface area contributed by atoms with Crippen LogP contribution < -0.4 is 0 Å². The van der Waals surface area contributed by atoms with Crippen molar-refractivity contribution in [2.75, 3.05) is 13.2 Å². The number of aliphatic hydroxyl groups is 1. The van der Waals surface area contributed by atoms with Gasteiger partial charge in [-0.1, -0.05) is 13.2 Å². The third-order valence-corrected chi connectivity index (χ3v) is 1.91. The molecular formula is C9H10O6. The summed E-state index contributed by atoms with van der Waals surface area (Å²) in [7, 11) is 0. The third kappa shape index (κ3) is 2.42. The van der Waals surface area contributed by atoms with Crippen LogP contribution in [0.1, 0.15) is 0 Å². The SMILES string of the molecule is C=CC(=O)OOC(=O)C(=C)[C@@]1(CO)CO1. The molecule has 0 radical (unpaired) electrons. The minimum absolute atomic E-state index is 0.0955. The molecular weight excluding hydrogens is 204 g/mol. The summed E-state index contributed by atoms with van der Waals surface area (Å²) in [5.41, 5.74) is -1.17. The third-order valence-electron chi connectivity index (χ3n) is 1.91. The average Bonchev–Trinajstić information content (AvgIpc) is 3.05. The highest BCUT2D eigenvalue weighted by Gasteiger charge is 2.50. The van der Waals surface area contributed by atoms with Crippen molar-refractivity contribution in [1.29, 1.82) is 0 Å². The highest BCUT2D eigenvalue weighted by molar-refractivity contribution is 5.91. The van der Waals surface area contributed by atoms with Gasteiger partial charge in [-0.05, 0) is 0 Å². The van der Waals surface area contributed by atoms with Crippen molar-refractivity contribution in [3.63, 3.8) is 0 Å². The smallest absolute Gasteiger partial charge is 0.384 e. The van der Waals surface area contributed by atoms with Crippen LogP contribution in [-0.4, -0.2) is 35.9 Å². The summed E-state index contributed by atoms with van der Waals surface area (Å²) in [6.45, 7) is 6.30. The number of aliphatic hydroxyl groups excluding tert-OH is 1. The van der Waals surface area contributed by atoms with Crippen LogP contribution in [0.4, 0.5) is 0 Å². The number of carbonyl (C=O) groups is 2. The number of carbonyl (C=O) groups excluding carboxylic acids is 2. The van der Waals surface area contributed by atoms with Gasteiger partial charge in [0, 0.05) is 6.08 Å². The van der Waals surface area contributed by atoms with Crippen molar-refractivity contribution < 1.29 is 29.2 Å². The monoisotopic (exact) mass is 214 g/mol. The number of rotatable bonds is 4. The quantitative estimate of drug-likeness (QED) is 0.293. The van der Waals surface area contributed by atoms with Gasteiger partial charge in [0.2, 0.25) is 0 Å². The molecule has 6 nitrogen and oxygen atoms in total. The first-order valence-electron chi connectivity index (χ1n) is 4.05. The maximum absolute atomic E-state index is 11.2. The van der Waals surface area contributed by atoms with Gasteiger partial charge in [-0.25, -0.2) is 19.4 Å². The first-order chi connectivity index (χ1) is 7.05. The largest absolute Gasteiger partial charge is 0.393 e. The van der Waals surface area contributed by atoms with Crippen LogP contribution in [-0.2, 0) is 24.1 Å². The van der Waals surface area contributed by atoms with Crippen LogP contribution in [0.15, 0.2) is 24.8 Å². The summed E-state index contributed by atoms with van der Waals surface area (Å²) in [5, 5.41) is 8.88. The van der Waals surface area contributed by atoms with Crippen LogP contribution in [0.3, 0.4) is 0 Å². The van der Waals surface area contributed by atoms with E-state index >= 15 is 0 Å². The van der Waals surface area contributed by atoms with Crippen LogP contribution >= 0.6 is 0 Å². The Labute approximate surface area is 85.7 Å². The summed E-state index contributed by atoms with van der Waals surface area (Å²) in [5.74, 6) is -1.86. The molecule has 1 heterocycles. The Kier molecular flexibility index (Phi) is 3.23. The van der Waals surface area contributed by atoms with Crippen molar-refractivity contribution in [1.82, 2.24) is 0 Å². The molecule has 1 rings (SSSR count). The van der Waals surface area contributed by atoms with Crippen LogP contribution in [0.2, 0.25) is 0 Å². The van der Waals surface area contributed by atoms with Crippen molar-refractivity contribution >= 4 is 11.9 Å². The van der Waals surface area contributed by atoms with Gasteiger partial charge in [0.25, 0.3) is 0 Å². The maximum Gasteiger partial charge on any atom is 0.384 e. The van der Waals surface area contributed by atoms with Gasteiger partial charge in [0.15, 0.2) is 0 Å². The number of hydrogen-bond donors (Lipinski definition) is 1. The molecule has 82 valence electrons. The minimum Gasteiger partial charge on any atom is -0.393 e. The zero-order chi connectivity index (χ0) is 11.5. The van der Waals surface area contributed by atoms with E-state index in [1.165, 1.54) is 0 Å². The summed E-state index contributed by atoms with van der Waals surface area (Å²) in [6, 6.07) is 0. The molecule has 1 saturated heterocycles. The lowest BCUT2D eigenvalue weighted by atomic mass is 10.0. The molecule has 0 bridgehead atoms. The normalized spacial score (nSPS) is 22.7. The molecule has 1 aliphatic rings. The zero-order valence-corrected chi connectivity index (χ0v) is 7.89. The molecule has 0 spiro atoms. The number of hydrogen-bond acceptors (Lipinski definition) is 6. The van der Waals surface area contributed by atoms with E-state index in [-0.39, 0.29) is 18.8 Å². The second-order valence-corrected chi connectivity index (χ2v) is 2.90. The van der Waals surface area contributed by atoms with Crippen LogP contribution in [0, 0.1) is 0 Å². The first-order valence-corrected chi connectivity index (χ1v) is 4.05. The predicted molar refractivity (Wildman–Crippen MR) is 47.3 cm³/mol. The average molecular weight is 214 g/mol. The van der Waals surface area contributed by atoms with E-state index < -0.39 is 17.5 Å². The Morgan fingerprint density at radius 2 is 2.13 bits per heavy atom. The lowest BCUT2D eigenvalue weighted by molar-refractivity contribution is -0.251. The van der Waals surface area contributed by atoms with E-state index in [0.29, 0.717) is 0 Å². The Hall–Kier alpha value is -1.66. The second-order valence-electron chi connectivity index (χ2n) is 2.90. The van der Waals surface area contributed by atoms with Gasteiger partial charge in [-0.2, -0.15) is 0 Å². The second kappa shape index (κ2) is 4.24. The standard InChI is InChI=1S/C9H10O6/c1-3-7(11)14-15-8(12)6(2)9(4-10)5-13-9/h3,10H,1-2,4-5H2/t9-/m1/s1. The van der Waals surface area contributed by atoms with E-state index in [0.717, 1.165) is 6.08 Å². The maximum atomic E-state index is 11.2. The van der Waals surface area contributed by atoms with Crippen molar-refractivity contribution in [3.8, 4) is 0 Å². The van der Waals surface area contributed by atoms with E-state index in [4.69, 9.17) is 9.84 Å². The topological polar surface area (TPSA) is 85.4 Å². The van der Waals surface area contributed by atoms with E-state index in [9.17, 15) is 9.59 Å². The number of ether oxygens (including phenoxy) is 1. The van der Waals surface area contributed by atoms with Crippen molar-refractivity contribution in [3.05, 3.63) is 24.8 Å². The molecule has 1 atom stereocenters. The van der Waals surface area contributed by atoms with E-state index in [1.807, 2.05) is 0 Å². The molecule has 6 heteroatoms. The summed E-state index contributed by atoms with van der Waals surface area (Å²) < 4.78 is 4.85. The van der Waals surface area contributed by atoms with Gasteiger partial charge in [0.05, 0.1) is 18.8 Å². The first kappa shape index (κ1) is 11.4. The van der Waals surface area contributed by atoms with Gasteiger partial charge in [0.1, 0.15) is 5.60 Å².